The molecule has 0 heterocycles. The third-order valence-corrected chi connectivity index (χ3v) is 3.62. The molecule has 3 heteroatoms. The molecule has 1 atom stereocenters. The van der Waals surface area contributed by atoms with Gasteiger partial charge < -0.3 is 0 Å². The molecule has 1 saturated carbocycles. The Morgan fingerprint density at radius 1 is 1.31 bits per heavy atom. The van der Waals surface area contributed by atoms with Gasteiger partial charge in [-0.2, -0.15) is 0 Å². The van der Waals surface area contributed by atoms with Crippen LogP contribution in [-0.4, -0.2) is 5.78 Å². The molecule has 13 heavy (non-hydrogen) atoms. The molecule has 0 saturated heterocycles. The van der Waals surface area contributed by atoms with E-state index < -0.39 is 0 Å². The lowest BCUT2D eigenvalue weighted by atomic mass is 9.79. The minimum absolute atomic E-state index is 0.131. The van der Waals surface area contributed by atoms with E-state index in [4.69, 9.17) is 0 Å². The quantitative estimate of drug-likeness (QED) is 0.774. The SMILES string of the molecule is O=C1CCC1c1cc(Br)ccc1Br. The second-order valence-electron chi connectivity index (χ2n) is 3.22. The van der Waals surface area contributed by atoms with Gasteiger partial charge in [-0.25, -0.2) is 0 Å². The Balaban J connectivity index is 2.38. The fourth-order valence-electron chi connectivity index (χ4n) is 1.52. The maximum Gasteiger partial charge on any atom is 0.140 e. The third kappa shape index (κ3) is 1.72. The number of hydrogen-bond acceptors (Lipinski definition) is 1. The van der Waals surface area contributed by atoms with Gasteiger partial charge >= 0.3 is 0 Å². The van der Waals surface area contributed by atoms with E-state index in [9.17, 15) is 4.79 Å². The van der Waals surface area contributed by atoms with Crippen molar-refractivity contribution in [1.29, 1.82) is 0 Å². The van der Waals surface area contributed by atoms with E-state index >= 15 is 0 Å². The van der Waals surface area contributed by atoms with Crippen molar-refractivity contribution in [1.82, 2.24) is 0 Å². The molecule has 0 spiro atoms. The van der Waals surface area contributed by atoms with Crippen LogP contribution in [-0.2, 0) is 4.79 Å². The van der Waals surface area contributed by atoms with Crippen LogP contribution in [0.15, 0.2) is 27.1 Å². The highest BCUT2D eigenvalue weighted by Crippen LogP contribution is 2.38. The molecule has 0 aliphatic heterocycles. The molecule has 68 valence electrons. The Morgan fingerprint density at radius 2 is 2.08 bits per heavy atom. The molecule has 2 rings (SSSR count). The first kappa shape index (κ1) is 9.41. The molecule has 0 N–H and O–H groups in total. The predicted molar refractivity (Wildman–Crippen MR) is 58.8 cm³/mol. The Labute approximate surface area is 93.8 Å². The zero-order chi connectivity index (χ0) is 9.42. The van der Waals surface area contributed by atoms with Crippen molar-refractivity contribution < 1.29 is 4.79 Å². The van der Waals surface area contributed by atoms with Crippen molar-refractivity contribution in [2.45, 2.75) is 18.8 Å². The first-order valence-electron chi connectivity index (χ1n) is 4.16. The van der Waals surface area contributed by atoms with Gasteiger partial charge in [-0.3, -0.25) is 4.79 Å². The maximum absolute atomic E-state index is 11.3. The van der Waals surface area contributed by atoms with Crippen LogP contribution in [0.25, 0.3) is 0 Å². The number of hydrogen-bond donors (Lipinski definition) is 0. The smallest absolute Gasteiger partial charge is 0.140 e. The number of halogens is 2. The van der Waals surface area contributed by atoms with E-state index in [1.54, 1.807) is 0 Å². The highest BCUT2D eigenvalue weighted by molar-refractivity contribution is 9.11. The molecular formula is C10H8Br2O. The van der Waals surface area contributed by atoms with Gasteiger partial charge in [-0.05, 0) is 30.2 Å². The monoisotopic (exact) mass is 302 g/mol. The second kappa shape index (κ2) is 3.54. The molecule has 1 nitrogen and oxygen atoms in total. The van der Waals surface area contributed by atoms with Gasteiger partial charge in [0.05, 0.1) is 0 Å². The summed E-state index contributed by atoms with van der Waals surface area (Å²) >= 11 is 6.87. The second-order valence-corrected chi connectivity index (χ2v) is 4.99. The van der Waals surface area contributed by atoms with E-state index in [0.29, 0.717) is 5.78 Å². The normalized spacial score (nSPS) is 21.4. The van der Waals surface area contributed by atoms with Crippen LogP contribution in [0.4, 0.5) is 0 Å². The number of Topliss-reactive ketones (excluding diaryl/α,β-unsaturated/α-hetero) is 1. The Hall–Kier alpha value is -0.150. The Bertz CT molecular complexity index is 360. The number of rotatable bonds is 1. The van der Waals surface area contributed by atoms with E-state index in [1.165, 1.54) is 0 Å². The summed E-state index contributed by atoms with van der Waals surface area (Å²) in [4.78, 5) is 11.3. The van der Waals surface area contributed by atoms with Crippen LogP contribution in [0.2, 0.25) is 0 Å². The average Bonchev–Trinajstić information content (AvgIpc) is 2.09. The van der Waals surface area contributed by atoms with Crippen LogP contribution in [0.3, 0.4) is 0 Å². The Kier molecular flexibility index (Phi) is 2.56. The maximum atomic E-state index is 11.3. The van der Waals surface area contributed by atoms with Crippen molar-refractivity contribution in [3.05, 3.63) is 32.7 Å². The standard InChI is InChI=1S/C10H8Br2O/c11-6-1-3-9(12)8(5-6)7-2-4-10(7)13/h1,3,5,7H,2,4H2. The summed E-state index contributed by atoms with van der Waals surface area (Å²) in [5.41, 5.74) is 1.12. The van der Waals surface area contributed by atoms with E-state index in [2.05, 4.69) is 31.9 Å². The van der Waals surface area contributed by atoms with Gasteiger partial charge in [-0.15, -0.1) is 0 Å². The molecule has 1 aromatic rings. The fraction of sp³-hybridized carbons (Fsp3) is 0.300. The average molecular weight is 304 g/mol. The molecule has 0 radical (unpaired) electrons. The van der Waals surface area contributed by atoms with Gasteiger partial charge in [-0.1, -0.05) is 31.9 Å². The number of benzene rings is 1. The Morgan fingerprint density at radius 3 is 2.62 bits per heavy atom. The van der Waals surface area contributed by atoms with Crippen LogP contribution in [0.5, 0.6) is 0 Å². The summed E-state index contributed by atoms with van der Waals surface area (Å²) in [6, 6.07) is 5.97. The molecule has 1 unspecified atom stereocenters. The lowest BCUT2D eigenvalue weighted by Gasteiger charge is -2.25. The minimum atomic E-state index is 0.131. The molecule has 0 aromatic heterocycles. The summed E-state index contributed by atoms with van der Waals surface area (Å²) in [6.45, 7) is 0. The highest BCUT2D eigenvalue weighted by atomic mass is 79.9. The molecular weight excluding hydrogens is 296 g/mol. The van der Waals surface area contributed by atoms with Crippen LogP contribution < -0.4 is 0 Å². The first-order valence-corrected chi connectivity index (χ1v) is 5.75. The van der Waals surface area contributed by atoms with E-state index in [0.717, 1.165) is 27.4 Å². The summed E-state index contributed by atoms with van der Waals surface area (Å²) in [5, 5.41) is 0. The lowest BCUT2D eigenvalue weighted by molar-refractivity contribution is -0.125. The summed E-state index contributed by atoms with van der Waals surface area (Å²) in [5.74, 6) is 0.491. The fourth-order valence-corrected chi connectivity index (χ4v) is 2.42. The highest BCUT2D eigenvalue weighted by Gasteiger charge is 2.30. The third-order valence-electron chi connectivity index (χ3n) is 2.40. The van der Waals surface area contributed by atoms with E-state index in [1.807, 2.05) is 18.2 Å². The predicted octanol–water partition coefficient (Wildman–Crippen LogP) is 3.66. The summed E-state index contributed by atoms with van der Waals surface area (Å²) < 4.78 is 2.07. The largest absolute Gasteiger partial charge is 0.299 e. The van der Waals surface area contributed by atoms with Gasteiger partial charge in [0.1, 0.15) is 5.78 Å². The topological polar surface area (TPSA) is 17.1 Å². The first-order chi connectivity index (χ1) is 6.18. The minimum Gasteiger partial charge on any atom is -0.299 e. The number of ketones is 1. The summed E-state index contributed by atoms with van der Waals surface area (Å²) in [7, 11) is 0. The molecule has 1 fully saturated rings. The van der Waals surface area contributed by atoms with Crippen molar-refractivity contribution in [2.24, 2.45) is 0 Å². The van der Waals surface area contributed by atoms with Gasteiger partial charge in [0.2, 0.25) is 0 Å². The van der Waals surface area contributed by atoms with Crippen molar-refractivity contribution in [3.8, 4) is 0 Å². The zero-order valence-electron chi connectivity index (χ0n) is 6.89. The van der Waals surface area contributed by atoms with Crippen LogP contribution in [0, 0.1) is 0 Å². The molecule has 1 aliphatic rings. The molecule has 0 bridgehead atoms. The van der Waals surface area contributed by atoms with Gasteiger partial charge in [0.25, 0.3) is 0 Å². The van der Waals surface area contributed by atoms with Crippen molar-refractivity contribution >= 4 is 37.6 Å². The zero-order valence-corrected chi connectivity index (χ0v) is 10.1. The number of carbonyl (C=O) groups excluding carboxylic acids is 1. The van der Waals surface area contributed by atoms with Crippen LogP contribution >= 0.6 is 31.9 Å². The van der Waals surface area contributed by atoms with Crippen molar-refractivity contribution in [2.75, 3.05) is 0 Å². The van der Waals surface area contributed by atoms with E-state index in [-0.39, 0.29) is 5.92 Å². The number of carbonyl (C=O) groups is 1. The van der Waals surface area contributed by atoms with Gasteiger partial charge in [0, 0.05) is 21.3 Å². The van der Waals surface area contributed by atoms with Crippen molar-refractivity contribution in [3.63, 3.8) is 0 Å². The van der Waals surface area contributed by atoms with Crippen LogP contribution in [0.1, 0.15) is 24.3 Å². The summed E-state index contributed by atoms with van der Waals surface area (Å²) in [6.07, 6.45) is 1.73. The van der Waals surface area contributed by atoms with Gasteiger partial charge in [0.15, 0.2) is 0 Å². The molecule has 0 amide bonds. The molecule has 1 aromatic carbocycles. The molecule has 1 aliphatic carbocycles. The lowest BCUT2D eigenvalue weighted by Crippen LogP contribution is -2.23.